The summed E-state index contributed by atoms with van der Waals surface area (Å²) >= 11 is 5.96. The molecular weight excluding hydrogens is 364 g/mol. The zero-order valence-electron chi connectivity index (χ0n) is 15.1. The molecule has 1 aromatic heterocycles. The van der Waals surface area contributed by atoms with Crippen LogP contribution in [0, 0.1) is 0 Å². The molecule has 3 rings (SSSR count). The smallest absolute Gasteiger partial charge is 0.332 e. The zero-order valence-corrected chi connectivity index (χ0v) is 15.8. The maximum absolute atomic E-state index is 12.6. The summed E-state index contributed by atoms with van der Waals surface area (Å²) < 4.78 is 1.90. The van der Waals surface area contributed by atoms with Crippen LogP contribution in [0.5, 0.6) is 0 Å². The van der Waals surface area contributed by atoms with Crippen LogP contribution < -0.4 is 5.48 Å². The minimum absolute atomic E-state index is 0.282. The molecule has 0 saturated carbocycles. The number of nitrogens with zero attached hydrogens (tertiary/aromatic N) is 1. The van der Waals surface area contributed by atoms with Crippen LogP contribution in [0.1, 0.15) is 42.2 Å². The third-order valence-corrected chi connectivity index (χ3v) is 4.54. The first-order valence-electron chi connectivity index (χ1n) is 8.91. The Morgan fingerprint density at radius 2 is 1.85 bits per heavy atom. The van der Waals surface area contributed by atoms with Gasteiger partial charge in [-0.25, -0.2) is 4.79 Å². The molecule has 0 unspecified atom stereocenters. The van der Waals surface area contributed by atoms with Crippen LogP contribution in [-0.2, 0) is 16.2 Å². The van der Waals surface area contributed by atoms with Gasteiger partial charge in [-0.05, 0) is 36.2 Å². The summed E-state index contributed by atoms with van der Waals surface area (Å²) in [6.45, 7) is 2.48. The van der Waals surface area contributed by atoms with E-state index in [9.17, 15) is 9.59 Å². The highest BCUT2D eigenvalue weighted by Gasteiger charge is 2.17. The van der Waals surface area contributed by atoms with E-state index in [0.717, 1.165) is 29.3 Å². The summed E-state index contributed by atoms with van der Waals surface area (Å²) in [5, 5.41) is 1.60. The Morgan fingerprint density at radius 1 is 1.11 bits per heavy atom. The van der Waals surface area contributed by atoms with Crippen LogP contribution >= 0.6 is 11.6 Å². The van der Waals surface area contributed by atoms with Crippen LogP contribution in [0.4, 0.5) is 0 Å². The highest BCUT2D eigenvalue weighted by Crippen LogP contribution is 2.22. The van der Waals surface area contributed by atoms with Gasteiger partial charge in [0.1, 0.15) is 5.69 Å². The van der Waals surface area contributed by atoms with E-state index in [0.29, 0.717) is 17.3 Å². The van der Waals surface area contributed by atoms with Crippen LogP contribution in [0.25, 0.3) is 10.9 Å². The number of rotatable bonds is 6. The number of carbonyl (C=O) groups excluding carboxylic acids is 2. The summed E-state index contributed by atoms with van der Waals surface area (Å²) in [6, 6.07) is 17.0. The molecule has 27 heavy (non-hydrogen) atoms. The van der Waals surface area contributed by atoms with Gasteiger partial charge in [0.25, 0.3) is 0 Å². The first-order valence-corrected chi connectivity index (χ1v) is 9.29. The Labute approximate surface area is 162 Å². The van der Waals surface area contributed by atoms with Crippen molar-refractivity contribution in [3.05, 3.63) is 70.9 Å². The van der Waals surface area contributed by atoms with E-state index in [-0.39, 0.29) is 6.42 Å². The zero-order chi connectivity index (χ0) is 19.2. The van der Waals surface area contributed by atoms with Crippen molar-refractivity contribution in [3.8, 4) is 0 Å². The Balaban J connectivity index is 1.84. The second kappa shape index (κ2) is 8.73. The van der Waals surface area contributed by atoms with Gasteiger partial charge in [-0.2, -0.15) is 5.48 Å². The monoisotopic (exact) mass is 384 g/mol. The van der Waals surface area contributed by atoms with Gasteiger partial charge >= 0.3 is 11.9 Å². The van der Waals surface area contributed by atoms with Crippen molar-refractivity contribution >= 4 is 34.4 Å². The van der Waals surface area contributed by atoms with Crippen molar-refractivity contribution in [1.29, 1.82) is 0 Å². The average Bonchev–Trinajstić information content (AvgIpc) is 3.05. The van der Waals surface area contributed by atoms with Gasteiger partial charge in [0.05, 0.1) is 0 Å². The molecule has 0 atom stereocenters. The predicted molar refractivity (Wildman–Crippen MR) is 106 cm³/mol. The minimum Gasteiger partial charge on any atom is -0.340 e. The molecule has 140 valence electrons. The number of hydrogen-bond acceptors (Lipinski definition) is 3. The van der Waals surface area contributed by atoms with Crippen molar-refractivity contribution in [1.82, 2.24) is 10.0 Å². The molecule has 1 N–H and O–H groups in total. The van der Waals surface area contributed by atoms with E-state index in [1.165, 1.54) is 0 Å². The van der Waals surface area contributed by atoms with Gasteiger partial charge in [0.2, 0.25) is 0 Å². The molecule has 0 fully saturated rings. The standard InChI is InChI=1S/C21H21ClN2O3/c1-2-3-8-20(25)27-23-21(26)19-13-16-6-4-5-7-18(16)24(19)14-15-9-11-17(22)12-10-15/h4-7,9-13H,2-3,8,14H2,1H3,(H,23,26). The summed E-state index contributed by atoms with van der Waals surface area (Å²) in [5.74, 6) is -0.893. The third kappa shape index (κ3) is 4.68. The number of amides is 1. The molecule has 1 amide bonds. The summed E-state index contributed by atoms with van der Waals surface area (Å²) in [4.78, 5) is 29.2. The second-order valence-electron chi connectivity index (χ2n) is 6.31. The summed E-state index contributed by atoms with van der Waals surface area (Å²) in [5.41, 5.74) is 4.63. The van der Waals surface area contributed by atoms with E-state index in [4.69, 9.17) is 16.4 Å². The normalized spacial score (nSPS) is 10.7. The summed E-state index contributed by atoms with van der Waals surface area (Å²) in [7, 11) is 0. The number of nitrogens with one attached hydrogen (secondary N) is 1. The lowest BCUT2D eigenvalue weighted by atomic mass is 10.2. The second-order valence-corrected chi connectivity index (χ2v) is 6.75. The van der Waals surface area contributed by atoms with Gasteiger partial charge < -0.3 is 9.40 Å². The molecule has 0 bridgehead atoms. The molecular formula is C21H21ClN2O3. The SMILES string of the molecule is CCCCC(=O)ONC(=O)c1cc2ccccc2n1Cc1ccc(Cl)cc1. The lowest BCUT2D eigenvalue weighted by Crippen LogP contribution is -2.29. The first kappa shape index (κ1) is 19.0. The largest absolute Gasteiger partial charge is 0.340 e. The van der Waals surface area contributed by atoms with Crippen molar-refractivity contribution in [2.24, 2.45) is 0 Å². The van der Waals surface area contributed by atoms with Gasteiger partial charge in [-0.15, -0.1) is 0 Å². The van der Waals surface area contributed by atoms with Gasteiger partial charge in [0, 0.05) is 28.9 Å². The Bertz CT molecular complexity index is 948. The maximum Gasteiger partial charge on any atom is 0.332 e. The number of carbonyl (C=O) groups is 2. The molecule has 0 radical (unpaired) electrons. The maximum atomic E-state index is 12.6. The number of unbranched alkanes of at least 4 members (excludes halogenated alkanes) is 1. The van der Waals surface area contributed by atoms with Crippen molar-refractivity contribution < 1.29 is 14.4 Å². The Kier molecular flexibility index (Phi) is 6.14. The van der Waals surface area contributed by atoms with Gasteiger partial charge in [-0.1, -0.05) is 55.3 Å². The molecule has 0 spiro atoms. The van der Waals surface area contributed by atoms with Gasteiger partial charge in [-0.3, -0.25) is 4.79 Å². The highest BCUT2D eigenvalue weighted by molar-refractivity contribution is 6.30. The molecule has 0 saturated heterocycles. The third-order valence-electron chi connectivity index (χ3n) is 4.29. The number of fused-ring (bicyclic) bond motifs is 1. The fourth-order valence-corrected chi connectivity index (χ4v) is 2.99. The summed E-state index contributed by atoms with van der Waals surface area (Å²) in [6.07, 6.45) is 1.90. The fraction of sp³-hybridized carbons (Fsp3) is 0.238. The Morgan fingerprint density at radius 3 is 2.59 bits per heavy atom. The number of aromatic nitrogens is 1. The van der Waals surface area contributed by atoms with E-state index in [1.807, 2.05) is 60.0 Å². The van der Waals surface area contributed by atoms with E-state index < -0.39 is 11.9 Å². The minimum atomic E-state index is -0.454. The molecule has 0 aliphatic carbocycles. The molecule has 0 aliphatic heterocycles. The number of benzene rings is 2. The molecule has 3 aromatic rings. The van der Waals surface area contributed by atoms with Crippen molar-refractivity contribution in [2.75, 3.05) is 0 Å². The lowest BCUT2D eigenvalue weighted by Gasteiger charge is -2.11. The quantitative estimate of drug-likeness (QED) is 0.625. The molecule has 1 heterocycles. The molecule has 5 nitrogen and oxygen atoms in total. The van der Waals surface area contributed by atoms with Crippen LogP contribution in [0.2, 0.25) is 5.02 Å². The number of hydroxylamine groups is 1. The number of hydrogen-bond donors (Lipinski definition) is 1. The lowest BCUT2D eigenvalue weighted by molar-refractivity contribution is -0.149. The number of halogens is 1. The van der Waals surface area contributed by atoms with Crippen LogP contribution in [0.15, 0.2) is 54.6 Å². The highest BCUT2D eigenvalue weighted by atomic mass is 35.5. The van der Waals surface area contributed by atoms with Gasteiger partial charge in [0.15, 0.2) is 0 Å². The molecule has 2 aromatic carbocycles. The van der Waals surface area contributed by atoms with Crippen LogP contribution in [0.3, 0.4) is 0 Å². The topological polar surface area (TPSA) is 60.3 Å². The number of para-hydroxylation sites is 1. The van der Waals surface area contributed by atoms with Crippen molar-refractivity contribution in [2.45, 2.75) is 32.7 Å². The fourth-order valence-electron chi connectivity index (χ4n) is 2.87. The molecule has 0 aliphatic rings. The van der Waals surface area contributed by atoms with Crippen molar-refractivity contribution in [3.63, 3.8) is 0 Å². The van der Waals surface area contributed by atoms with Crippen LogP contribution in [-0.4, -0.2) is 16.4 Å². The predicted octanol–water partition coefficient (Wildman–Crippen LogP) is 4.72. The van der Waals surface area contributed by atoms with E-state index in [1.54, 1.807) is 6.07 Å². The average molecular weight is 385 g/mol. The van der Waals surface area contributed by atoms with E-state index >= 15 is 0 Å². The first-order chi connectivity index (χ1) is 13.1. The Hall–Kier alpha value is -2.79. The molecule has 6 heteroatoms. The van der Waals surface area contributed by atoms with E-state index in [2.05, 4.69) is 5.48 Å².